The minimum Gasteiger partial charge on any atom is -0.455 e. The van der Waals surface area contributed by atoms with Crippen LogP contribution in [-0.4, -0.2) is 11.7 Å². The Morgan fingerprint density at radius 2 is 1.07 bits per heavy atom. The highest BCUT2D eigenvalue weighted by molar-refractivity contribution is 7.26. The lowest BCUT2D eigenvalue weighted by Crippen LogP contribution is -2.33. The zero-order valence-electron chi connectivity index (χ0n) is 31.2. The smallest absolute Gasteiger partial charge is 0.159 e. The number of hydrogen-bond donors (Lipinski definition) is 1. The lowest BCUT2D eigenvalue weighted by atomic mass is 9.84. The van der Waals surface area contributed by atoms with Gasteiger partial charge in [0.05, 0.1) is 0 Å². The van der Waals surface area contributed by atoms with E-state index in [9.17, 15) is 0 Å². The number of benzene rings is 9. The van der Waals surface area contributed by atoms with Crippen molar-refractivity contribution in [3.8, 4) is 22.3 Å². The molecule has 5 heteroatoms. The number of amidine groups is 2. The van der Waals surface area contributed by atoms with Crippen molar-refractivity contribution < 1.29 is 4.42 Å². The molecule has 1 aliphatic rings. The fourth-order valence-corrected chi connectivity index (χ4v) is 10.1. The third-order valence-electron chi connectivity index (χ3n) is 11.5. The summed E-state index contributed by atoms with van der Waals surface area (Å²) in [7, 11) is 0. The second-order valence-corrected chi connectivity index (χ2v) is 15.9. The maximum Gasteiger partial charge on any atom is 0.159 e. The highest BCUT2D eigenvalue weighted by Crippen LogP contribution is 2.51. The van der Waals surface area contributed by atoms with E-state index in [0.717, 1.165) is 50.0 Å². The number of nitrogens with one attached hydrogen (secondary N) is 1. The predicted molar refractivity (Wildman–Crippen MR) is 244 cm³/mol. The maximum absolute atomic E-state index is 6.72. The fraction of sp³-hybridized carbons (Fsp3) is 0.0189. The van der Waals surface area contributed by atoms with Gasteiger partial charge in [-0.1, -0.05) is 170 Å². The molecule has 0 radical (unpaired) electrons. The van der Waals surface area contributed by atoms with Gasteiger partial charge in [-0.25, -0.2) is 9.98 Å². The van der Waals surface area contributed by atoms with Gasteiger partial charge in [0.1, 0.15) is 23.2 Å². The van der Waals surface area contributed by atoms with Crippen LogP contribution >= 0.6 is 11.3 Å². The summed E-state index contributed by atoms with van der Waals surface area (Å²) < 4.78 is 9.19. The largest absolute Gasteiger partial charge is 0.455 e. The molecule has 0 fully saturated rings. The Kier molecular flexibility index (Phi) is 7.43. The lowest BCUT2D eigenvalue weighted by Gasteiger charge is -2.24. The predicted octanol–water partition coefficient (Wildman–Crippen LogP) is 14.1. The van der Waals surface area contributed by atoms with Gasteiger partial charge >= 0.3 is 0 Å². The summed E-state index contributed by atoms with van der Waals surface area (Å²) >= 11 is 1.85. The Labute approximate surface area is 338 Å². The molecule has 0 amide bonds. The standard InChI is InChI=1S/C53H33N3OS/c1-3-15-33(16-4-1)51-54-52(34-17-5-2-6-18-34)56-53(55-51)35-29-27-32(28-30-35)46-39-22-9-7-19-36(39)37-20-8-10-23-40(37)47(46)43-31-42-38-21-11-13-25-44(38)57-49(42)48-41-24-12-14-26-45(41)58-50(43)48/h1-31,51H,(H,54,55,56). The summed E-state index contributed by atoms with van der Waals surface area (Å²) in [6.45, 7) is 0. The molecule has 4 nitrogen and oxygen atoms in total. The first-order chi connectivity index (χ1) is 28.8. The van der Waals surface area contributed by atoms with Crippen molar-refractivity contribution in [3.63, 3.8) is 0 Å². The summed E-state index contributed by atoms with van der Waals surface area (Å²) in [5.74, 6) is 1.51. The molecular formula is C53H33N3OS. The molecule has 58 heavy (non-hydrogen) atoms. The number of rotatable bonds is 5. The quantitative estimate of drug-likeness (QED) is 0.178. The van der Waals surface area contributed by atoms with E-state index in [1.807, 2.05) is 35.6 Å². The van der Waals surface area contributed by atoms with Crippen molar-refractivity contribution in [1.29, 1.82) is 0 Å². The average molecular weight is 760 g/mol. The van der Waals surface area contributed by atoms with Gasteiger partial charge in [-0.15, -0.1) is 11.3 Å². The van der Waals surface area contributed by atoms with E-state index in [2.05, 4.69) is 169 Å². The van der Waals surface area contributed by atoms with Crippen molar-refractivity contribution in [2.45, 2.75) is 6.17 Å². The number of fused-ring (bicyclic) bond motifs is 10. The molecule has 272 valence electrons. The number of furan rings is 1. The van der Waals surface area contributed by atoms with Gasteiger partial charge in [-0.05, 0) is 62.0 Å². The number of aliphatic imine (C=N–C) groups is 2. The first-order valence-corrected chi connectivity index (χ1v) is 20.4. The number of para-hydroxylation sites is 1. The molecule has 0 bridgehead atoms. The number of thiophene rings is 1. The van der Waals surface area contributed by atoms with Gasteiger partial charge in [0.2, 0.25) is 0 Å². The molecule has 2 aromatic heterocycles. The summed E-state index contributed by atoms with van der Waals surface area (Å²) in [6, 6.07) is 66.8. The molecule has 1 aliphatic heterocycles. The van der Waals surface area contributed by atoms with Crippen LogP contribution in [-0.2, 0) is 0 Å². The molecule has 0 saturated carbocycles. The van der Waals surface area contributed by atoms with Crippen molar-refractivity contribution in [1.82, 2.24) is 5.32 Å². The summed E-state index contributed by atoms with van der Waals surface area (Å²) in [6.07, 6.45) is -0.266. The van der Waals surface area contributed by atoms with Crippen LogP contribution in [0.5, 0.6) is 0 Å². The van der Waals surface area contributed by atoms with Crippen LogP contribution in [0.1, 0.15) is 22.9 Å². The lowest BCUT2D eigenvalue weighted by molar-refractivity contribution is 0.673. The molecule has 1 atom stereocenters. The Hall–Kier alpha value is -7.34. The van der Waals surface area contributed by atoms with Gasteiger partial charge in [0, 0.05) is 47.6 Å². The summed E-state index contributed by atoms with van der Waals surface area (Å²) in [5, 5.41) is 13.1. The molecule has 0 saturated heterocycles. The van der Waals surface area contributed by atoms with Crippen molar-refractivity contribution in [2.75, 3.05) is 0 Å². The zero-order valence-corrected chi connectivity index (χ0v) is 32.0. The van der Waals surface area contributed by atoms with Gasteiger partial charge in [-0.2, -0.15) is 0 Å². The average Bonchev–Trinajstić information content (AvgIpc) is 3.88. The Bertz CT molecular complexity index is 3470. The van der Waals surface area contributed by atoms with Crippen LogP contribution in [0.15, 0.2) is 202 Å². The van der Waals surface area contributed by atoms with E-state index in [0.29, 0.717) is 5.84 Å². The van der Waals surface area contributed by atoms with Crippen LogP contribution in [0.2, 0.25) is 0 Å². The van der Waals surface area contributed by atoms with E-state index < -0.39 is 0 Å². The van der Waals surface area contributed by atoms with Gasteiger partial charge < -0.3 is 9.73 Å². The van der Waals surface area contributed by atoms with Crippen LogP contribution < -0.4 is 5.32 Å². The fourth-order valence-electron chi connectivity index (χ4n) is 8.88. The van der Waals surface area contributed by atoms with Crippen LogP contribution in [0.4, 0.5) is 0 Å². The molecule has 9 aromatic carbocycles. The first-order valence-electron chi connectivity index (χ1n) is 19.6. The van der Waals surface area contributed by atoms with E-state index in [-0.39, 0.29) is 6.17 Å². The van der Waals surface area contributed by atoms with Crippen molar-refractivity contribution in [2.24, 2.45) is 9.98 Å². The normalized spacial score (nSPS) is 14.4. The highest BCUT2D eigenvalue weighted by Gasteiger charge is 2.25. The van der Waals surface area contributed by atoms with E-state index in [1.54, 1.807) is 0 Å². The molecule has 1 unspecified atom stereocenters. The maximum atomic E-state index is 6.72. The molecule has 0 spiro atoms. The Morgan fingerprint density at radius 3 is 1.81 bits per heavy atom. The van der Waals surface area contributed by atoms with Crippen LogP contribution in [0.25, 0.3) is 85.9 Å². The molecule has 1 N–H and O–H groups in total. The van der Waals surface area contributed by atoms with E-state index in [4.69, 9.17) is 14.4 Å². The third-order valence-corrected chi connectivity index (χ3v) is 12.7. The van der Waals surface area contributed by atoms with E-state index in [1.165, 1.54) is 58.4 Å². The van der Waals surface area contributed by atoms with Crippen molar-refractivity contribution >= 4 is 86.7 Å². The van der Waals surface area contributed by atoms with Crippen LogP contribution in [0.3, 0.4) is 0 Å². The minimum absolute atomic E-state index is 0.266. The SMILES string of the molecule is c1ccc(C2=NC(c3ccc(-c4c(-c5cc6c7ccccc7oc6c6c5sc5ccccc56)c5ccccc5c5ccccc45)cc3)=NC(c3ccccc3)N2)cc1. The number of hydrogen-bond acceptors (Lipinski definition) is 5. The van der Waals surface area contributed by atoms with Crippen molar-refractivity contribution in [3.05, 3.63) is 205 Å². The Balaban J connectivity index is 1.12. The second kappa shape index (κ2) is 13.1. The minimum atomic E-state index is -0.266. The molecule has 12 rings (SSSR count). The van der Waals surface area contributed by atoms with Gasteiger partial charge in [-0.3, -0.25) is 0 Å². The van der Waals surface area contributed by atoms with Gasteiger partial charge in [0.15, 0.2) is 5.84 Å². The summed E-state index contributed by atoms with van der Waals surface area (Å²) in [5.41, 5.74) is 9.68. The first kappa shape index (κ1) is 32.9. The Morgan fingerprint density at radius 1 is 0.483 bits per heavy atom. The van der Waals surface area contributed by atoms with Gasteiger partial charge in [0.25, 0.3) is 0 Å². The molecule has 11 aromatic rings. The second-order valence-electron chi connectivity index (χ2n) is 14.9. The monoisotopic (exact) mass is 759 g/mol. The number of nitrogens with zero attached hydrogens (tertiary/aromatic N) is 2. The highest BCUT2D eigenvalue weighted by atomic mass is 32.1. The zero-order chi connectivity index (χ0) is 38.2. The summed E-state index contributed by atoms with van der Waals surface area (Å²) in [4.78, 5) is 10.3. The molecular weight excluding hydrogens is 727 g/mol. The molecule has 0 aliphatic carbocycles. The van der Waals surface area contributed by atoms with E-state index >= 15 is 0 Å². The topological polar surface area (TPSA) is 49.9 Å². The molecule has 3 heterocycles. The van der Waals surface area contributed by atoms with Crippen LogP contribution in [0, 0.1) is 0 Å². The third kappa shape index (κ3) is 5.14.